The van der Waals surface area contributed by atoms with Gasteiger partial charge in [-0.25, -0.2) is 0 Å². The quantitative estimate of drug-likeness (QED) is 0.475. The molecular formula is H2CoMgMnNi. The van der Waals surface area contributed by atoms with Gasteiger partial charge in [0.2, 0.25) is 0 Å². The molecule has 4 heavy (non-hydrogen) atoms. The summed E-state index contributed by atoms with van der Waals surface area (Å²) in [4.78, 5) is 0. The Morgan fingerprint density at radius 3 is 1.25 bits per heavy atom. The minimum Gasteiger partial charge on any atom is -1.00 e. The van der Waals surface area contributed by atoms with Crippen LogP contribution in [0.25, 0.3) is 0 Å². The zero-order valence-electron chi connectivity index (χ0n) is 3.73. The molecule has 30 valence electrons. The third kappa shape index (κ3) is 8.86. The van der Waals surface area contributed by atoms with Crippen LogP contribution in [0.15, 0.2) is 0 Å². The van der Waals surface area contributed by atoms with Crippen LogP contribution in [0.3, 0.4) is 0 Å². The van der Waals surface area contributed by atoms with Crippen LogP contribution in [0.1, 0.15) is 2.85 Å². The van der Waals surface area contributed by atoms with Crippen LogP contribution in [0.2, 0.25) is 0 Å². The molecule has 0 amide bonds. The Labute approximate surface area is 75.6 Å². The summed E-state index contributed by atoms with van der Waals surface area (Å²) in [7, 11) is 0. The molecule has 0 spiro atoms. The Morgan fingerprint density at radius 2 is 1.25 bits per heavy atom. The fraction of sp³-hybridized carbons (Fsp3) is 0. The molecule has 0 saturated carbocycles. The average Bonchev–Trinajstić information content (AvgIpc) is 0. The van der Waals surface area contributed by atoms with Gasteiger partial charge in [-0.1, -0.05) is 0 Å². The smallest absolute Gasteiger partial charge is 1.00 e. The molecule has 0 fully saturated rings. The summed E-state index contributed by atoms with van der Waals surface area (Å²) in [6.07, 6.45) is 0. The maximum Gasteiger partial charge on any atom is 2.00 e. The maximum absolute atomic E-state index is 0. The van der Waals surface area contributed by atoms with Crippen molar-refractivity contribution in [2.45, 2.75) is 0 Å². The van der Waals surface area contributed by atoms with E-state index < -0.39 is 0 Å². The van der Waals surface area contributed by atoms with E-state index in [9.17, 15) is 0 Å². The third-order valence-corrected chi connectivity index (χ3v) is 0. The molecule has 0 aromatic carbocycles. The average molecular weight is 199 g/mol. The molecule has 0 aromatic heterocycles. The Morgan fingerprint density at radius 1 is 1.25 bits per heavy atom. The molecule has 0 aliphatic rings. The Bertz CT molecular complexity index is 13.5. The summed E-state index contributed by atoms with van der Waals surface area (Å²) in [5, 5.41) is 0. The van der Waals surface area contributed by atoms with Gasteiger partial charge in [0.1, 0.15) is 0 Å². The summed E-state index contributed by atoms with van der Waals surface area (Å²) in [6, 6.07) is 0. The number of rotatable bonds is 0. The van der Waals surface area contributed by atoms with E-state index in [1.807, 2.05) is 0 Å². The first-order chi connectivity index (χ1) is 0. The van der Waals surface area contributed by atoms with Gasteiger partial charge in [-0.15, -0.1) is 0 Å². The molecule has 0 unspecified atom stereocenters. The molecule has 0 N–H and O–H groups in total. The first-order valence-electron chi connectivity index (χ1n) is 0. The fourth-order valence-electron chi connectivity index (χ4n) is 0. The Balaban J connectivity index is 0. The third-order valence-electron chi connectivity index (χ3n) is 0. The van der Waals surface area contributed by atoms with Crippen molar-refractivity contribution < 1.29 is 53.2 Å². The van der Waals surface area contributed by atoms with Crippen molar-refractivity contribution in [3.05, 3.63) is 0 Å². The monoisotopic (exact) mass is 198 g/mol. The van der Waals surface area contributed by atoms with Gasteiger partial charge in [-0.2, -0.15) is 0 Å². The predicted molar refractivity (Wildman–Crippen MR) is 7.98 cm³/mol. The van der Waals surface area contributed by atoms with Crippen LogP contribution in [-0.4, -0.2) is 23.1 Å². The molecule has 0 nitrogen and oxygen atoms in total. The Kier molecular flexibility index (Phi) is 156. The van der Waals surface area contributed by atoms with Crippen molar-refractivity contribution in [1.29, 1.82) is 0 Å². The zero-order valence-corrected chi connectivity index (χ0v) is 6.36. The second-order valence-electron chi connectivity index (χ2n) is 0. The van der Waals surface area contributed by atoms with Crippen LogP contribution in [0.5, 0.6) is 0 Å². The van der Waals surface area contributed by atoms with E-state index in [1.165, 1.54) is 0 Å². The fourth-order valence-corrected chi connectivity index (χ4v) is 0. The summed E-state index contributed by atoms with van der Waals surface area (Å²) < 4.78 is 0. The number of hydrogen-bond acceptors (Lipinski definition) is 0. The minimum atomic E-state index is 0. The molecule has 0 aliphatic heterocycles. The van der Waals surface area contributed by atoms with Gasteiger partial charge in [-0.3, -0.25) is 0 Å². The molecule has 0 rings (SSSR count). The molecule has 4 heteroatoms. The van der Waals surface area contributed by atoms with E-state index in [4.69, 9.17) is 0 Å². The van der Waals surface area contributed by atoms with Crippen LogP contribution < -0.4 is 0 Å². The predicted octanol–water partition coefficient (Wildman–Crippen LogP) is -0.163. The van der Waals surface area contributed by atoms with Crippen molar-refractivity contribution in [1.82, 2.24) is 0 Å². The topological polar surface area (TPSA) is 0 Å². The van der Waals surface area contributed by atoms with Crippen molar-refractivity contribution >= 4 is 23.1 Å². The largest absolute Gasteiger partial charge is 2.00 e. The molecule has 0 aliphatic carbocycles. The van der Waals surface area contributed by atoms with Gasteiger partial charge in [0.15, 0.2) is 0 Å². The van der Waals surface area contributed by atoms with E-state index in [0.717, 1.165) is 0 Å². The summed E-state index contributed by atoms with van der Waals surface area (Å²) in [5.41, 5.74) is 0. The van der Waals surface area contributed by atoms with E-state index in [1.54, 1.807) is 0 Å². The summed E-state index contributed by atoms with van der Waals surface area (Å²) >= 11 is 0. The van der Waals surface area contributed by atoms with Crippen molar-refractivity contribution in [2.75, 3.05) is 0 Å². The molecular weight excluding hydrogens is 197 g/mol. The van der Waals surface area contributed by atoms with Crippen LogP contribution >= 0.6 is 0 Å². The Hall–Kier alpha value is 2.29. The van der Waals surface area contributed by atoms with Gasteiger partial charge in [-0.05, 0) is 0 Å². The van der Waals surface area contributed by atoms with Gasteiger partial charge >= 0.3 is 23.1 Å². The molecule has 0 atom stereocenters. The molecule has 0 heterocycles. The van der Waals surface area contributed by atoms with E-state index >= 15 is 0 Å². The summed E-state index contributed by atoms with van der Waals surface area (Å²) in [5.74, 6) is 0. The second-order valence-corrected chi connectivity index (χ2v) is 0. The second kappa shape index (κ2) is 18.6. The van der Waals surface area contributed by atoms with Crippen molar-refractivity contribution in [2.24, 2.45) is 0 Å². The number of hydrogen-bond donors (Lipinski definition) is 0. The van der Waals surface area contributed by atoms with Gasteiger partial charge in [0, 0.05) is 50.3 Å². The first kappa shape index (κ1) is 33.6. The van der Waals surface area contributed by atoms with Crippen molar-refractivity contribution in [3.63, 3.8) is 0 Å². The maximum atomic E-state index is 0. The SMILES string of the molecule is [Co].[H-].[H-].[Mg+2].[Mn].[Ni]. The standard InChI is InChI=1S/Co.Mg.Mn.Ni.2H/q;+2;;;2*-1. The van der Waals surface area contributed by atoms with Gasteiger partial charge in [0.05, 0.1) is 0 Å². The normalized spacial score (nSPS) is 0. The van der Waals surface area contributed by atoms with Gasteiger partial charge < -0.3 is 2.85 Å². The van der Waals surface area contributed by atoms with Crippen LogP contribution in [0.4, 0.5) is 0 Å². The summed E-state index contributed by atoms with van der Waals surface area (Å²) in [6.45, 7) is 0. The van der Waals surface area contributed by atoms with E-state index in [0.29, 0.717) is 0 Å². The molecule has 0 aromatic rings. The van der Waals surface area contributed by atoms with E-state index in [-0.39, 0.29) is 76.2 Å². The van der Waals surface area contributed by atoms with Gasteiger partial charge in [0.25, 0.3) is 0 Å². The zero-order chi connectivity index (χ0) is 0. The molecule has 2 radical (unpaired) electrons. The minimum absolute atomic E-state index is 0. The molecule has 0 saturated heterocycles. The first-order valence-corrected chi connectivity index (χ1v) is 0. The van der Waals surface area contributed by atoms with Crippen molar-refractivity contribution in [3.8, 4) is 0 Å². The van der Waals surface area contributed by atoms with E-state index in [2.05, 4.69) is 0 Å². The molecule has 0 bridgehead atoms. The van der Waals surface area contributed by atoms with Crippen LogP contribution in [-0.2, 0) is 50.3 Å². The van der Waals surface area contributed by atoms with Crippen LogP contribution in [0, 0.1) is 0 Å².